The van der Waals surface area contributed by atoms with Crippen LogP contribution in [0, 0.1) is 0 Å². The molecule has 3 N–H and O–H groups in total. The highest BCUT2D eigenvalue weighted by atomic mass is 127. The number of amides is 1. The summed E-state index contributed by atoms with van der Waals surface area (Å²) < 4.78 is 5.70. The zero-order valence-electron chi connectivity index (χ0n) is 13.3. The Kier molecular flexibility index (Phi) is 4.01. The maximum absolute atomic E-state index is 11.2. The van der Waals surface area contributed by atoms with Gasteiger partial charge in [0.15, 0.2) is 11.8 Å². The van der Waals surface area contributed by atoms with Crippen molar-refractivity contribution in [2.24, 2.45) is 0 Å². The molecule has 2 fully saturated rings. The third-order valence-electron chi connectivity index (χ3n) is 5.28. The van der Waals surface area contributed by atoms with Crippen molar-refractivity contribution in [3.63, 3.8) is 0 Å². The van der Waals surface area contributed by atoms with E-state index in [1.54, 1.807) is 0 Å². The van der Waals surface area contributed by atoms with Crippen LogP contribution < -0.4 is 34.6 Å². The van der Waals surface area contributed by atoms with Crippen molar-refractivity contribution in [3.8, 4) is 0 Å². The highest BCUT2D eigenvalue weighted by Gasteiger charge is 2.59. The van der Waals surface area contributed by atoms with E-state index in [1.807, 2.05) is 6.07 Å². The number of likely N-dealkylation sites (tertiary alicyclic amines) is 1. The zero-order chi connectivity index (χ0) is 15.5. The standard InChI is InChI=1S/C16H21N3O3.HI/c1-19(2)6-5-16(21)12-8-10(3-4-13(12)18-14(16)19)7-11-9-22-15(20)17-11;/h3-4,8,11,14,18,21H,5-7,9H2,1-2H3;1H/t11-,14?,16?;/m0./s1. The van der Waals surface area contributed by atoms with Crippen LogP contribution in [0.5, 0.6) is 0 Å². The van der Waals surface area contributed by atoms with E-state index in [0.717, 1.165) is 40.7 Å². The molecular formula is C16H22IN3O3. The number of nitrogens with one attached hydrogen (secondary N) is 2. The number of hydrogen-bond acceptors (Lipinski definition) is 4. The van der Waals surface area contributed by atoms with Gasteiger partial charge in [-0.05, 0) is 18.1 Å². The number of ether oxygens (including phenoxy) is 1. The summed E-state index contributed by atoms with van der Waals surface area (Å²) in [4.78, 5) is 11.1. The fourth-order valence-corrected chi connectivity index (χ4v) is 4.05. The lowest BCUT2D eigenvalue weighted by molar-refractivity contribution is -0.902. The Morgan fingerprint density at radius 2 is 2.17 bits per heavy atom. The third kappa shape index (κ3) is 2.58. The van der Waals surface area contributed by atoms with Crippen molar-refractivity contribution in [3.05, 3.63) is 29.3 Å². The Labute approximate surface area is 152 Å². The molecule has 0 saturated carbocycles. The summed E-state index contributed by atoms with van der Waals surface area (Å²) in [5, 5.41) is 17.5. The SMILES string of the molecule is C[N+]1(C)CCC2(O)c3cc(C[C@H]4COC(=O)N4)ccc3NC21.[I-]. The van der Waals surface area contributed by atoms with Gasteiger partial charge in [-0.25, -0.2) is 4.79 Å². The first kappa shape index (κ1) is 16.8. The van der Waals surface area contributed by atoms with Crippen molar-refractivity contribution in [1.82, 2.24) is 5.32 Å². The number of anilines is 1. The molecule has 0 bridgehead atoms. The molecule has 0 radical (unpaired) electrons. The molecule has 1 aromatic rings. The lowest BCUT2D eigenvalue weighted by atomic mass is 9.90. The minimum Gasteiger partial charge on any atom is -1.00 e. The van der Waals surface area contributed by atoms with Crippen molar-refractivity contribution in [1.29, 1.82) is 0 Å². The molecule has 0 aliphatic carbocycles. The van der Waals surface area contributed by atoms with Gasteiger partial charge in [-0.15, -0.1) is 0 Å². The van der Waals surface area contributed by atoms with Crippen molar-refractivity contribution >= 4 is 11.8 Å². The molecule has 2 saturated heterocycles. The van der Waals surface area contributed by atoms with Gasteiger partial charge in [-0.3, -0.25) is 0 Å². The van der Waals surface area contributed by atoms with Crippen molar-refractivity contribution < 1.29 is 43.1 Å². The minimum atomic E-state index is -0.801. The summed E-state index contributed by atoms with van der Waals surface area (Å²) in [6, 6.07) is 6.19. The summed E-state index contributed by atoms with van der Waals surface area (Å²) in [7, 11) is 4.29. The van der Waals surface area contributed by atoms with Gasteiger partial charge in [-0.1, -0.05) is 12.1 Å². The predicted molar refractivity (Wildman–Crippen MR) is 81.3 cm³/mol. The Morgan fingerprint density at radius 1 is 1.39 bits per heavy atom. The van der Waals surface area contributed by atoms with Crippen LogP contribution in [0.3, 0.4) is 0 Å². The molecule has 3 aliphatic rings. The number of halogens is 1. The highest BCUT2D eigenvalue weighted by molar-refractivity contribution is 5.69. The van der Waals surface area contributed by atoms with Crippen LogP contribution in [0.1, 0.15) is 17.5 Å². The van der Waals surface area contributed by atoms with Gasteiger partial charge in [0.1, 0.15) is 6.61 Å². The molecule has 23 heavy (non-hydrogen) atoms. The van der Waals surface area contributed by atoms with Gasteiger partial charge in [0.05, 0.1) is 26.7 Å². The van der Waals surface area contributed by atoms with Gasteiger partial charge < -0.3 is 48.9 Å². The molecule has 2 unspecified atom stereocenters. The molecule has 7 heteroatoms. The highest BCUT2D eigenvalue weighted by Crippen LogP contribution is 2.48. The number of carbonyl (C=O) groups is 1. The average Bonchev–Trinajstić information content (AvgIpc) is 3.06. The van der Waals surface area contributed by atoms with Crippen LogP contribution in [0.15, 0.2) is 18.2 Å². The quantitative estimate of drug-likeness (QED) is 0.366. The number of aliphatic hydroxyl groups is 1. The zero-order valence-corrected chi connectivity index (χ0v) is 15.5. The number of likely N-dealkylation sites (N-methyl/N-ethyl adjacent to an activating group) is 1. The fraction of sp³-hybridized carbons (Fsp3) is 0.562. The maximum atomic E-state index is 11.2. The van der Waals surface area contributed by atoms with Crippen LogP contribution in [-0.4, -0.2) is 55.1 Å². The Morgan fingerprint density at radius 3 is 2.87 bits per heavy atom. The molecule has 0 spiro atoms. The third-order valence-corrected chi connectivity index (χ3v) is 5.28. The summed E-state index contributed by atoms with van der Waals surface area (Å²) >= 11 is 0. The van der Waals surface area contributed by atoms with Crippen LogP contribution in [-0.2, 0) is 16.8 Å². The normalized spacial score (nSPS) is 33.1. The number of carbonyl (C=O) groups excluding carboxylic acids is 1. The van der Waals surface area contributed by atoms with Gasteiger partial charge in [0.2, 0.25) is 0 Å². The Bertz CT molecular complexity index is 651. The first-order valence-corrected chi connectivity index (χ1v) is 7.77. The van der Waals surface area contributed by atoms with Crippen LogP contribution in [0.4, 0.5) is 10.5 Å². The van der Waals surface area contributed by atoms with Crippen molar-refractivity contribution in [2.75, 3.05) is 32.6 Å². The van der Waals surface area contributed by atoms with Gasteiger partial charge in [0, 0.05) is 17.7 Å². The summed E-state index contributed by atoms with van der Waals surface area (Å²) in [6.07, 6.45) is 1.14. The lowest BCUT2D eigenvalue weighted by Gasteiger charge is -2.33. The predicted octanol–water partition coefficient (Wildman–Crippen LogP) is -2.24. The molecule has 3 atom stereocenters. The second-order valence-electron chi connectivity index (χ2n) is 7.25. The maximum Gasteiger partial charge on any atom is 0.407 e. The Balaban J connectivity index is 0.00000156. The van der Waals surface area contributed by atoms with Crippen LogP contribution >= 0.6 is 0 Å². The first-order valence-electron chi connectivity index (χ1n) is 7.77. The van der Waals surface area contributed by atoms with Crippen molar-refractivity contribution in [2.45, 2.75) is 30.7 Å². The molecule has 1 amide bonds. The number of hydrogen-bond donors (Lipinski definition) is 3. The molecule has 6 nitrogen and oxygen atoms in total. The summed E-state index contributed by atoms with van der Waals surface area (Å²) in [5.41, 5.74) is 2.32. The fourth-order valence-electron chi connectivity index (χ4n) is 4.05. The van der Waals surface area contributed by atoms with E-state index in [2.05, 4.69) is 36.9 Å². The minimum absolute atomic E-state index is 0. The number of benzene rings is 1. The molecule has 0 aromatic heterocycles. The first-order chi connectivity index (χ1) is 10.4. The van der Waals surface area contributed by atoms with E-state index in [0.29, 0.717) is 6.61 Å². The smallest absolute Gasteiger partial charge is 0.407 e. The lowest BCUT2D eigenvalue weighted by Crippen LogP contribution is -3.00. The van der Waals surface area contributed by atoms with Gasteiger partial charge in [0.25, 0.3) is 0 Å². The second kappa shape index (κ2) is 5.49. The molecule has 1 aromatic carbocycles. The van der Waals surface area contributed by atoms with E-state index in [4.69, 9.17) is 4.74 Å². The molecule has 4 rings (SSSR count). The number of rotatable bonds is 2. The van der Waals surface area contributed by atoms with Crippen LogP contribution in [0.2, 0.25) is 0 Å². The van der Waals surface area contributed by atoms with E-state index >= 15 is 0 Å². The second-order valence-corrected chi connectivity index (χ2v) is 7.25. The number of alkyl carbamates (subject to hydrolysis) is 1. The largest absolute Gasteiger partial charge is 1.00 e. The van der Waals surface area contributed by atoms with E-state index in [9.17, 15) is 9.90 Å². The molecule has 3 aliphatic heterocycles. The van der Waals surface area contributed by atoms with Crippen LogP contribution in [0.25, 0.3) is 0 Å². The number of cyclic esters (lactones) is 1. The van der Waals surface area contributed by atoms with E-state index in [1.165, 1.54) is 0 Å². The average molecular weight is 431 g/mol. The van der Waals surface area contributed by atoms with E-state index < -0.39 is 5.60 Å². The summed E-state index contributed by atoms with van der Waals surface area (Å²) in [5.74, 6) is 0. The van der Waals surface area contributed by atoms with Gasteiger partial charge >= 0.3 is 6.09 Å². The summed E-state index contributed by atoms with van der Waals surface area (Å²) in [6.45, 7) is 1.36. The molecule has 126 valence electrons. The topological polar surface area (TPSA) is 70.6 Å². The number of quaternary nitrogens is 1. The van der Waals surface area contributed by atoms with E-state index in [-0.39, 0.29) is 42.3 Å². The number of nitrogens with zero attached hydrogens (tertiary/aromatic N) is 1. The van der Waals surface area contributed by atoms with Gasteiger partial charge in [-0.2, -0.15) is 0 Å². The molecule has 3 heterocycles. The molecular weight excluding hydrogens is 409 g/mol. The number of fused-ring (bicyclic) bond motifs is 3. The monoisotopic (exact) mass is 431 g/mol. The Hall–Kier alpha value is -1.06.